The Morgan fingerprint density at radius 3 is 2.16 bits per heavy atom. The van der Waals surface area contributed by atoms with Gasteiger partial charge in [0.2, 0.25) is 18.5 Å². The highest BCUT2D eigenvalue weighted by molar-refractivity contribution is 5.84. The van der Waals surface area contributed by atoms with E-state index in [4.69, 9.17) is 23.7 Å². The van der Waals surface area contributed by atoms with Gasteiger partial charge in [0.15, 0.2) is 12.2 Å². The van der Waals surface area contributed by atoms with Crippen LogP contribution in [0.25, 0.3) is 0 Å². The highest BCUT2D eigenvalue weighted by Crippen LogP contribution is 2.37. The molecule has 0 radical (unpaired) electrons. The van der Waals surface area contributed by atoms with E-state index >= 15 is 0 Å². The first-order valence-electron chi connectivity index (χ1n) is 7.98. The van der Waals surface area contributed by atoms with Gasteiger partial charge >= 0.3 is 23.9 Å². The first-order valence-corrected chi connectivity index (χ1v) is 7.98. The molecular formula is C16H22O9. The monoisotopic (exact) mass is 358 g/mol. The van der Waals surface area contributed by atoms with E-state index in [0.717, 1.165) is 13.8 Å². The molecule has 0 saturated carbocycles. The van der Waals surface area contributed by atoms with Crippen molar-refractivity contribution in [3.63, 3.8) is 0 Å². The van der Waals surface area contributed by atoms with Crippen LogP contribution in [-0.2, 0) is 42.9 Å². The van der Waals surface area contributed by atoms with Gasteiger partial charge in [-0.15, -0.1) is 0 Å². The van der Waals surface area contributed by atoms with Crippen LogP contribution in [0, 0.1) is 5.41 Å². The molecule has 2 heterocycles. The molecule has 2 aliphatic rings. The lowest BCUT2D eigenvalue weighted by molar-refractivity contribution is -0.207. The smallest absolute Gasteiger partial charge is 0.350 e. The molecule has 0 aromatic heterocycles. The molecule has 5 unspecified atom stereocenters. The molecule has 9 heteroatoms. The summed E-state index contributed by atoms with van der Waals surface area (Å²) in [6.07, 6.45) is -5.24. The molecule has 0 N–H and O–H groups in total. The minimum Gasteiger partial charge on any atom is -0.452 e. The maximum atomic E-state index is 12.2. The Balaban J connectivity index is 2.18. The molecule has 0 bridgehead atoms. The SMILES string of the molecule is CCC(C)(C)C(=O)OC1C(=O)OC2C(OC(C)=O)C(OC(C)=O)OC12. The molecule has 0 aliphatic carbocycles. The van der Waals surface area contributed by atoms with Gasteiger partial charge in [-0.25, -0.2) is 4.79 Å². The maximum absolute atomic E-state index is 12.2. The summed E-state index contributed by atoms with van der Waals surface area (Å²) in [5.41, 5.74) is -0.790. The second-order valence-electron chi connectivity index (χ2n) is 6.62. The lowest BCUT2D eigenvalue weighted by Gasteiger charge is -2.24. The minimum atomic E-state index is -1.32. The molecule has 0 aromatic carbocycles. The first-order chi connectivity index (χ1) is 11.6. The zero-order valence-electron chi connectivity index (χ0n) is 14.8. The van der Waals surface area contributed by atoms with Gasteiger partial charge in [0.25, 0.3) is 0 Å². The van der Waals surface area contributed by atoms with Crippen molar-refractivity contribution in [2.75, 3.05) is 0 Å². The zero-order valence-corrected chi connectivity index (χ0v) is 14.8. The van der Waals surface area contributed by atoms with E-state index in [2.05, 4.69) is 0 Å². The number of carbonyl (C=O) groups is 4. The number of esters is 4. The fraction of sp³-hybridized carbons (Fsp3) is 0.750. The van der Waals surface area contributed by atoms with Crippen LogP contribution in [0.1, 0.15) is 41.0 Å². The second-order valence-corrected chi connectivity index (χ2v) is 6.62. The second kappa shape index (κ2) is 6.99. The lowest BCUT2D eigenvalue weighted by atomic mass is 9.90. The fourth-order valence-electron chi connectivity index (χ4n) is 2.47. The van der Waals surface area contributed by atoms with Gasteiger partial charge in [0.05, 0.1) is 5.41 Å². The highest BCUT2D eigenvalue weighted by Gasteiger charge is 2.62. The number of carbonyl (C=O) groups excluding carboxylic acids is 4. The molecule has 2 aliphatic heterocycles. The Hall–Kier alpha value is -2.16. The van der Waals surface area contributed by atoms with Crippen LogP contribution < -0.4 is 0 Å². The van der Waals surface area contributed by atoms with Gasteiger partial charge in [-0.1, -0.05) is 6.92 Å². The standard InChI is InChI=1S/C16H22O9/c1-6-16(4,5)15(20)25-11-9-10(23-13(11)19)12(21-7(2)17)14(24-9)22-8(3)18/h9-12,14H,6H2,1-5H3. The molecule has 140 valence electrons. The van der Waals surface area contributed by atoms with Crippen molar-refractivity contribution in [3.8, 4) is 0 Å². The van der Waals surface area contributed by atoms with Crippen molar-refractivity contribution in [1.29, 1.82) is 0 Å². The Bertz CT molecular complexity index is 582. The third kappa shape index (κ3) is 3.92. The van der Waals surface area contributed by atoms with Crippen LogP contribution >= 0.6 is 0 Å². The number of hydrogen-bond acceptors (Lipinski definition) is 9. The summed E-state index contributed by atoms with van der Waals surface area (Å²) in [6, 6.07) is 0. The molecule has 0 amide bonds. The van der Waals surface area contributed by atoms with Crippen LogP contribution in [0.15, 0.2) is 0 Å². The van der Waals surface area contributed by atoms with Crippen molar-refractivity contribution >= 4 is 23.9 Å². The summed E-state index contributed by atoms with van der Waals surface area (Å²) in [7, 11) is 0. The van der Waals surface area contributed by atoms with Crippen LogP contribution in [-0.4, -0.2) is 54.6 Å². The van der Waals surface area contributed by atoms with Gasteiger partial charge < -0.3 is 23.7 Å². The number of hydrogen-bond donors (Lipinski definition) is 0. The Morgan fingerprint density at radius 2 is 1.64 bits per heavy atom. The van der Waals surface area contributed by atoms with E-state index in [9.17, 15) is 19.2 Å². The van der Waals surface area contributed by atoms with Crippen LogP contribution in [0.4, 0.5) is 0 Å². The third-order valence-electron chi connectivity index (χ3n) is 4.24. The molecule has 5 atom stereocenters. The van der Waals surface area contributed by atoms with Crippen molar-refractivity contribution in [2.24, 2.45) is 5.41 Å². The summed E-state index contributed by atoms with van der Waals surface area (Å²) in [6.45, 7) is 7.51. The topological polar surface area (TPSA) is 114 Å². The number of fused-ring (bicyclic) bond motifs is 1. The molecular weight excluding hydrogens is 336 g/mol. The van der Waals surface area contributed by atoms with Crippen LogP contribution in [0.2, 0.25) is 0 Å². The maximum Gasteiger partial charge on any atom is 0.350 e. The molecule has 9 nitrogen and oxygen atoms in total. The molecule has 2 saturated heterocycles. The molecule has 2 fully saturated rings. The average Bonchev–Trinajstić information content (AvgIpc) is 2.96. The molecule has 0 aromatic rings. The fourth-order valence-corrected chi connectivity index (χ4v) is 2.47. The predicted molar refractivity (Wildman–Crippen MR) is 79.8 cm³/mol. The summed E-state index contributed by atoms with van der Waals surface area (Å²) >= 11 is 0. The zero-order chi connectivity index (χ0) is 18.9. The van der Waals surface area contributed by atoms with E-state index in [1.165, 1.54) is 0 Å². The molecule has 25 heavy (non-hydrogen) atoms. The van der Waals surface area contributed by atoms with Crippen molar-refractivity contribution in [1.82, 2.24) is 0 Å². The van der Waals surface area contributed by atoms with Crippen molar-refractivity contribution < 1.29 is 42.9 Å². The summed E-state index contributed by atoms with van der Waals surface area (Å²) in [5.74, 6) is -2.70. The number of rotatable bonds is 5. The largest absolute Gasteiger partial charge is 0.452 e. The molecule has 0 spiro atoms. The molecule has 2 rings (SSSR count). The van der Waals surface area contributed by atoms with E-state index in [1.54, 1.807) is 13.8 Å². The van der Waals surface area contributed by atoms with Crippen LogP contribution in [0.3, 0.4) is 0 Å². The lowest BCUT2D eigenvalue weighted by Crippen LogP contribution is -2.39. The quantitative estimate of drug-likeness (QED) is 0.511. The van der Waals surface area contributed by atoms with Crippen molar-refractivity contribution in [3.05, 3.63) is 0 Å². The van der Waals surface area contributed by atoms with E-state index < -0.39 is 60.0 Å². The van der Waals surface area contributed by atoms with Gasteiger partial charge in [0, 0.05) is 13.8 Å². The van der Waals surface area contributed by atoms with E-state index in [1.807, 2.05) is 6.92 Å². The normalized spacial score (nSPS) is 31.1. The summed E-state index contributed by atoms with van der Waals surface area (Å²) in [5, 5.41) is 0. The minimum absolute atomic E-state index is 0.509. The van der Waals surface area contributed by atoms with E-state index in [-0.39, 0.29) is 0 Å². The van der Waals surface area contributed by atoms with Crippen molar-refractivity contribution in [2.45, 2.75) is 71.7 Å². The Kier molecular flexibility index (Phi) is 5.36. The van der Waals surface area contributed by atoms with E-state index in [0.29, 0.717) is 6.42 Å². The average molecular weight is 358 g/mol. The Morgan fingerprint density at radius 1 is 1.04 bits per heavy atom. The van der Waals surface area contributed by atoms with Gasteiger partial charge in [-0.05, 0) is 20.3 Å². The third-order valence-corrected chi connectivity index (χ3v) is 4.24. The highest BCUT2D eigenvalue weighted by atomic mass is 16.8. The van der Waals surface area contributed by atoms with Gasteiger partial charge in [-0.2, -0.15) is 0 Å². The number of ether oxygens (including phenoxy) is 5. The van der Waals surface area contributed by atoms with Crippen LogP contribution in [0.5, 0.6) is 0 Å². The summed E-state index contributed by atoms with van der Waals surface area (Å²) in [4.78, 5) is 46.8. The Labute approximate surface area is 144 Å². The summed E-state index contributed by atoms with van der Waals surface area (Å²) < 4.78 is 26.0. The first kappa shape index (κ1) is 19.2. The predicted octanol–water partition coefficient (Wildman–Crippen LogP) is 0.479. The van der Waals surface area contributed by atoms with Gasteiger partial charge in [0.1, 0.15) is 0 Å². The van der Waals surface area contributed by atoms with Gasteiger partial charge in [-0.3, -0.25) is 14.4 Å².